The van der Waals surface area contributed by atoms with Gasteiger partial charge in [0.05, 0.1) is 47.8 Å². The summed E-state index contributed by atoms with van der Waals surface area (Å²) in [5.41, 5.74) is 3.71. The zero-order chi connectivity index (χ0) is 24.3. The minimum absolute atomic E-state index is 0.640. The topological polar surface area (TPSA) is 77.8 Å². The van der Waals surface area contributed by atoms with Gasteiger partial charge < -0.3 is 9.47 Å². The van der Waals surface area contributed by atoms with Crippen LogP contribution in [-0.4, -0.2) is 30.7 Å². The van der Waals surface area contributed by atoms with Crippen molar-refractivity contribution < 1.29 is 18.6 Å². The molecule has 0 atom stereocenters. The van der Waals surface area contributed by atoms with E-state index < -0.39 is 0 Å². The van der Waals surface area contributed by atoms with Gasteiger partial charge >= 0.3 is 0 Å². The van der Waals surface area contributed by atoms with Crippen LogP contribution in [0.3, 0.4) is 0 Å². The van der Waals surface area contributed by atoms with Crippen LogP contribution in [0.15, 0.2) is 49.1 Å². The minimum Gasteiger partial charge on any atom is -0.475 e. The van der Waals surface area contributed by atoms with Gasteiger partial charge in [0, 0.05) is 12.1 Å². The molecule has 4 rings (SSSR count). The first-order chi connectivity index (χ1) is 17.2. The Hall–Kier alpha value is -2.98. The fourth-order valence-corrected chi connectivity index (χ4v) is 4.82. The Morgan fingerprint density at radius 2 is 1.06 bits per heavy atom. The second-order valence-electron chi connectivity index (χ2n) is 8.52. The summed E-state index contributed by atoms with van der Waals surface area (Å²) < 4.78 is 33.3. The molecule has 0 unspecified atom stereocenters. The predicted octanol–water partition coefficient (Wildman–Crippen LogP) is 4.56. The lowest BCUT2D eigenvalue weighted by atomic mass is 10.1. The van der Waals surface area contributed by atoms with Gasteiger partial charge in [0.25, 0.3) is 11.8 Å². The number of rotatable bonds is 14. The van der Waals surface area contributed by atoms with Gasteiger partial charge in [-0.25, -0.2) is 9.13 Å². The van der Waals surface area contributed by atoms with Crippen LogP contribution in [0.25, 0.3) is 22.5 Å². The van der Waals surface area contributed by atoms with E-state index in [1.807, 2.05) is 72.3 Å². The van der Waals surface area contributed by atoms with Crippen LogP contribution in [0, 0.1) is 0 Å². The molecule has 4 aromatic heterocycles. The summed E-state index contributed by atoms with van der Waals surface area (Å²) in [5, 5.41) is 0. The third kappa shape index (κ3) is 7.50. The number of aryl methyl sites for hydroxylation is 2. The van der Waals surface area contributed by atoms with E-state index in [1.165, 1.54) is 42.7 Å². The average Bonchev–Trinajstić information content (AvgIpc) is 3.52. The fourth-order valence-electron chi connectivity index (χ4n) is 3.78. The molecule has 0 radical (unpaired) electrons. The Morgan fingerprint density at radius 3 is 1.49 bits per heavy atom. The third-order valence-electron chi connectivity index (χ3n) is 5.61. The first kappa shape index (κ1) is 25.1. The highest BCUT2D eigenvalue weighted by Crippen LogP contribution is 2.28. The maximum atomic E-state index is 5.91. The molecule has 10 heteroatoms. The highest BCUT2D eigenvalue weighted by Gasteiger charge is 2.15. The van der Waals surface area contributed by atoms with Crippen LogP contribution < -0.4 is 18.6 Å². The Bertz CT molecular complexity index is 1100. The molecule has 0 saturated heterocycles. The molecule has 0 amide bonds. The van der Waals surface area contributed by atoms with Crippen LogP contribution in [0.2, 0.25) is 0 Å². The molecule has 0 aromatic carbocycles. The van der Waals surface area contributed by atoms with Crippen LogP contribution in [0.5, 0.6) is 11.8 Å². The van der Waals surface area contributed by atoms with Crippen molar-refractivity contribution in [3.05, 3.63) is 49.1 Å². The van der Waals surface area contributed by atoms with Crippen molar-refractivity contribution >= 4 is 23.5 Å². The maximum Gasteiger partial charge on any atom is 0.254 e. The smallest absolute Gasteiger partial charge is 0.254 e. The zero-order valence-electron chi connectivity index (χ0n) is 20.3. The van der Waals surface area contributed by atoms with Gasteiger partial charge in [-0.05, 0) is 25.0 Å². The van der Waals surface area contributed by atoms with Crippen molar-refractivity contribution in [3.8, 4) is 34.3 Å². The summed E-state index contributed by atoms with van der Waals surface area (Å²) in [6.07, 6.45) is 16.1. The monoisotopic (exact) mass is 512 g/mol. The van der Waals surface area contributed by atoms with E-state index in [-0.39, 0.29) is 0 Å². The largest absolute Gasteiger partial charge is 0.475 e. The summed E-state index contributed by atoms with van der Waals surface area (Å²) in [4.78, 5) is 0. The third-order valence-corrected chi connectivity index (χ3v) is 6.63. The molecule has 0 fully saturated rings. The van der Waals surface area contributed by atoms with Crippen LogP contribution in [-0.2, 0) is 14.1 Å². The van der Waals surface area contributed by atoms with Crippen molar-refractivity contribution in [1.29, 1.82) is 0 Å². The second-order valence-corrected chi connectivity index (χ2v) is 9.58. The SMILES string of the molecule is C[n+]1cccc(-c2nsnc2OCCCCCCCCCOc2nsnc2-c2ccc[n+](C)c2)c1. The molecule has 0 aliphatic carbocycles. The number of hydrogen-bond acceptors (Lipinski definition) is 8. The summed E-state index contributed by atoms with van der Waals surface area (Å²) in [5.74, 6) is 1.28. The molecule has 35 heavy (non-hydrogen) atoms. The molecule has 4 aromatic rings. The summed E-state index contributed by atoms with van der Waals surface area (Å²) in [7, 11) is 3.99. The van der Waals surface area contributed by atoms with E-state index in [9.17, 15) is 0 Å². The average molecular weight is 513 g/mol. The second kappa shape index (κ2) is 13.2. The normalized spacial score (nSPS) is 11.0. The number of pyridine rings is 2. The van der Waals surface area contributed by atoms with Gasteiger partial charge in [0.2, 0.25) is 0 Å². The predicted molar refractivity (Wildman–Crippen MR) is 136 cm³/mol. The molecular formula is C25H32N6O2S2+2. The van der Waals surface area contributed by atoms with Crippen LogP contribution in [0.4, 0.5) is 0 Å². The van der Waals surface area contributed by atoms with Gasteiger partial charge in [-0.2, -0.15) is 8.75 Å². The first-order valence-corrected chi connectivity index (χ1v) is 13.5. The van der Waals surface area contributed by atoms with Crippen molar-refractivity contribution in [2.45, 2.75) is 44.9 Å². The van der Waals surface area contributed by atoms with Crippen LogP contribution in [0.1, 0.15) is 44.9 Å². The molecule has 0 spiro atoms. The first-order valence-electron chi connectivity index (χ1n) is 12.0. The number of hydrogen-bond donors (Lipinski definition) is 0. The highest BCUT2D eigenvalue weighted by molar-refractivity contribution is 6.99. The van der Waals surface area contributed by atoms with E-state index in [0.717, 1.165) is 48.2 Å². The standard InChI is InChI=1S/C25H32N6O2S2/c1-30-14-10-12-20(18-30)22-24(28-34-26-22)32-16-8-6-4-3-5-7-9-17-33-25-23(27-35-29-25)21-13-11-15-31(2)19-21/h10-15,18-19H,3-9,16-17H2,1-2H3/q+2. The molecular weight excluding hydrogens is 480 g/mol. The Kier molecular flexibility index (Phi) is 9.47. The van der Waals surface area contributed by atoms with Gasteiger partial charge in [-0.1, -0.05) is 32.1 Å². The van der Waals surface area contributed by atoms with Gasteiger partial charge in [0.15, 0.2) is 36.2 Å². The number of ether oxygens (including phenoxy) is 2. The number of unbranched alkanes of at least 4 members (excludes halogenated alkanes) is 6. The van der Waals surface area contributed by atoms with E-state index in [1.54, 1.807) is 0 Å². The van der Waals surface area contributed by atoms with E-state index in [4.69, 9.17) is 9.47 Å². The lowest BCUT2D eigenvalue weighted by molar-refractivity contribution is -0.671. The number of aromatic nitrogens is 6. The summed E-state index contributed by atoms with van der Waals surface area (Å²) >= 11 is 2.39. The molecule has 184 valence electrons. The van der Waals surface area contributed by atoms with E-state index >= 15 is 0 Å². The molecule has 0 N–H and O–H groups in total. The molecule has 0 bridgehead atoms. The molecule has 4 heterocycles. The molecule has 0 saturated carbocycles. The lowest BCUT2D eigenvalue weighted by Crippen LogP contribution is -2.26. The quantitative estimate of drug-likeness (QED) is 0.182. The van der Waals surface area contributed by atoms with Gasteiger partial charge in [-0.3, -0.25) is 0 Å². The molecule has 8 nitrogen and oxygen atoms in total. The van der Waals surface area contributed by atoms with Gasteiger partial charge in [0.1, 0.15) is 14.1 Å². The Balaban J connectivity index is 1.05. The molecule has 0 aliphatic rings. The Labute approximate surface area is 214 Å². The maximum absolute atomic E-state index is 5.91. The van der Waals surface area contributed by atoms with Crippen molar-refractivity contribution in [2.75, 3.05) is 13.2 Å². The van der Waals surface area contributed by atoms with Crippen molar-refractivity contribution in [3.63, 3.8) is 0 Å². The zero-order valence-corrected chi connectivity index (χ0v) is 21.9. The Morgan fingerprint density at radius 1 is 0.629 bits per heavy atom. The molecule has 0 aliphatic heterocycles. The number of nitrogens with zero attached hydrogens (tertiary/aromatic N) is 6. The lowest BCUT2D eigenvalue weighted by Gasteiger charge is -2.06. The van der Waals surface area contributed by atoms with Gasteiger partial charge in [-0.15, -0.1) is 8.75 Å². The van der Waals surface area contributed by atoms with Crippen molar-refractivity contribution in [2.24, 2.45) is 14.1 Å². The summed E-state index contributed by atoms with van der Waals surface area (Å²) in [6.45, 7) is 1.35. The van der Waals surface area contributed by atoms with E-state index in [0.29, 0.717) is 25.0 Å². The summed E-state index contributed by atoms with van der Waals surface area (Å²) in [6, 6.07) is 8.07. The van der Waals surface area contributed by atoms with E-state index in [2.05, 4.69) is 17.5 Å². The van der Waals surface area contributed by atoms with Crippen molar-refractivity contribution in [1.82, 2.24) is 17.5 Å². The van der Waals surface area contributed by atoms with Crippen LogP contribution >= 0.6 is 23.5 Å². The fraction of sp³-hybridized carbons (Fsp3) is 0.440. The highest BCUT2D eigenvalue weighted by atomic mass is 32.1. The minimum atomic E-state index is 0.640.